The van der Waals surface area contributed by atoms with Crippen molar-refractivity contribution in [2.24, 2.45) is 5.16 Å². The van der Waals surface area contributed by atoms with Crippen molar-refractivity contribution in [3.8, 4) is 0 Å². The number of pyridine rings is 1. The van der Waals surface area contributed by atoms with Gasteiger partial charge in [-0.2, -0.15) is 0 Å². The van der Waals surface area contributed by atoms with E-state index < -0.39 is 5.97 Å². The highest BCUT2D eigenvalue weighted by Gasteiger charge is 2.10. The minimum absolute atomic E-state index is 0.272. The normalized spacial score (nSPS) is 11.2. The molecule has 7 heteroatoms. The molecule has 1 heterocycles. The molecule has 0 bridgehead atoms. The predicted molar refractivity (Wildman–Crippen MR) is 103 cm³/mol. The molecule has 0 fully saturated rings. The number of carbonyl (C=O) groups is 1. The zero-order valence-corrected chi connectivity index (χ0v) is 15.4. The number of hydrogen-bond acceptors (Lipinski definition) is 5. The Kier molecular flexibility index (Phi) is 5.58. The van der Waals surface area contributed by atoms with Crippen molar-refractivity contribution in [1.29, 1.82) is 0 Å². The molecular weight excluding hydrogens is 379 g/mol. The fourth-order valence-electron chi connectivity index (χ4n) is 2.18. The molecule has 3 rings (SSSR count). The van der Waals surface area contributed by atoms with E-state index in [9.17, 15) is 4.79 Å². The largest absolute Gasteiger partial charge is 0.365 e. The van der Waals surface area contributed by atoms with Gasteiger partial charge >= 0.3 is 5.97 Å². The Morgan fingerprint density at radius 2 is 1.96 bits per heavy atom. The average Bonchev–Trinajstić information content (AvgIpc) is 2.63. The van der Waals surface area contributed by atoms with E-state index in [0.29, 0.717) is 5.02 Å². The number of oxime groups is 1. The third kappa shape index (κ3) is 4.12. The van der Waals surface area contributed by atoms with Gasteiger partial charge in [0.05, 0.1) is 27.3 Å². The van der Waals surface area contributed by atoms with E-state index in [1.54, 1.807) is 0 Å². The Morgan fingerprint density at radius 1 is 1.16 bits per heavy atom. The number of fused-ring (bicyclic) bond motifs is 1. The average molecular weight is 391 g/mol. The number of benzene rings is 2. The molecule has 1 aromatic heterocycles. The molecule has 0 aliphatic heterocycles. The zero-order valence-electron chi connectivity index (χ0n) is 13.1. The van der Waals surface area contributed by atoms with Crippen LogP contribution in [0.15, 0.2) is 58.7 Å². The first-order valence-corrected chi connectivity index (χ1v) is 9.20. The van der Waals surface area contributed by atoms with Crippen LogP contribution in [-0.4, -0.2) is 23.4 Å². The monoisotopic (exact) mass is 390 g/mol. The van der Waals surface area contributed by atoms with Crippen LogP contribution in [0.1, 0.15) is 15.9 Å². The van der Waals surface area contributed by atoms with E-state index >= 15 is 0 Å². The van der Waals surface area contributed by atoms with Gasteiger partial charge in [-0.05, 0) is 36.6 Å². The van der Waals surface area contributed by atoms with Crippen LogP contribution in [0.25, 0.3) is 10.9 Å². The summed E-state index contributed by atoms with van der Waals surface area (Å²) in [7, 11) is 0. The first-order chi connectivity index (χ1) is 12.1. The fraction of sp³-hybridized carbons (Fsp3) is 0.0556. The Balaban J connectivity index is 1.80. The molecule has 3 aromatic rings. The van der Waals surface area contributed by atoms with Gasteiger partial charge in [0.1, 0.15) is 5.03 Å². The maximum absolute atomic E-state index is 12.0. The lowest BCUT2D eigenvalue weighted by Gasteiger charge is -2.04. The highest BCUT2D eigenvalue weighted by atomic mass is 35.5. The van der Waals surface area contributed by atoms with Gasteiger partial charge in [-0.25, -0.2) is 9.78 Å². The van der Waals surface area contributed by atoms with E-state index in [0.717, 1.165) is 21.5 Å². The van der Waals surface area contributed by atoms with Crippen LogP contribution in [0.4, 0.5) is 0 Å². The lowest BCUT2D eigenvalue weighted by molar-refractivity contribution is 0.0519. The topological polar surface area (TPSA) is 51.6 Å². The van der Waals surface area contributed by atoms with Crippen LogP contribution in [0, 0.1) is 0 Å². The number of thioether (sulfide) groups is 1. The van der Waals surface area contributed by atoms with Gasteiger partial charge in [0.2, 0.25) is 0 Å². The van der Waals surface area contributed by atoms with E-state index in [4.69, 9.17) is 28.0 Å². The third-order valence-electron chi connectivity index (χ3n) is 3.39. The minimum Gasteiger partial charge on any atom is -0.313 e. The molecule has 126 valence electrons. The van der Waals surface area contributed by atoms with Crippen molar-refractivity contribution in [2.45, 2.75) is 5.03 Å². The molecule has 0 spiro atoms. The van der Waals surface area contributed by atoms with Crippen LogP contribution in [0.3, 0.4) is 0 Å². The Bertz CT molecular complexity index is 976. The van der Waals surface area contributed by atoms with Gasteiger partial charge in [0, 0.05) is 10.9 Å². The third-order valence-corrected chi connectivity index (χ3v) is 4.85. The summed E-state index contributed by atoms with van der Waals surface area (Å²) in [5.74, 6) is -0.616. The summed E-state index contributed by atoms with van der Waals surface area (Å²) in [6.45, 7) is 0. The number of carbonyl (C=O) groups excluding carboxylic acids is 1. The quantitative estimate of drug-likeness (QED) is 0.257. The molecule has 0 aliphatic carbocycles. The number of nitrogens with zero attached hydrogens (tertiary/aromatic N) is 2. The summed E-state index contributed by atoms with van der Waals surface area (Å²) in [5.41, 5.74) is 1.94. The predicted octanol–water partition coefficient (Wildman–Crippen LogP) is 5.45. The second-order valence-corrected chi connectivity index (χ2v) is 6.63. The zero-order chi connectivity index (χ0) is 17.8. The number of rotatable bonds is 4. The first-order valence-electron chi connectivity index (χ1n) is 7.22. The Hall–Kier alpha value is -2.08. The van der Waals surface area contributed by atoms with Crippen LogP contribution in [0.5, 0.6) is 0 Å². The first kappa shape index (κ1) is 17.7. The smallest absolute Gasteiger partial charge is 0.313 e. The second kappa shape index (κ2) is 7.87. The summed E-state index contributed by atoms with van der Waals surface area (Å²) < 4.78 is 0. The summed E-state index contributed by atoms with van der Waals surface area (Å²) >= 11 is 13.2. The van der Waals surface area contributed by atoms with Crippen LogP contribution >= 0.6 is 35.0 Å². The number of aromatic nitrogens is 1. The molecule has 4 nitrogen and oxygen atoms in total. The highest BCUT2D eigenvalue weighted by Crippen LogP contribution is 2.24. The van der Waals surface area contributed by atoms with Gasteiger partial charge < -0.3 is 4.84 Å². The standard InChI is InChI=1S/C18H12Cl2N2O2S/c1-25-17-13(8-11-4-2-3-5-16(11)22-17)10-21-24-18(23)12-6-7-14(19)15(20)9-12/h2-10H,1H3. The van der Waals surface area contributed by atoms with E-state index in [1.165, 1.54) is 36.2 Å². The van der Waals surface area contributed by atoms with Gasteiger partial charge in [-0.3, -0.25) is 0 Å². The van der Waals surface area contributed by atoms with Crippen molar-refractivity contribution in [1.82, 2.24) is 4.98 Å². The minimum atomic E-state index is -0.616. The SMILES string of the molecule is CSc1nc2ccccc2cc1C=NOC(=O)c1ccc(Cl)c(Cl)c1. The Labute approximate surface area is 158 Å². The van der Waals surface area contributed by atoms with Gasteiger partial charge in [0.15, 0.2) is 0 Å². The van der Waals surface area contributed by atoms with Crippen molar-refractivity contribution in [3.05, 3.63) is 69.7 Å². The van der Waals surface area contributed by atoms with Gasteiger partial charge in [-0.15, -0.1) is 11.8 Å². The summed E-state index contributed by atoms with van der Waals surface area (Å²) in [4.78, 5) is 21.5. The van der Waals surface area contributed by atoms with Crippen molar-refractivity contribution < 1.29 is 9.63 Å². The van der Waals surface area contributed by atoms with Crippen LogP contribution in [-0.2, 0) is 4.84 Å². The summed E-state index contributed by atoms with van der Waals surface area (Å²) in [6.07, 6.45) is 3.40. The molecule has 0 atom stereocenters. The highest BCUT2D eigenvalue weighted by molar-refractivity contribution is 7.98. The summed E-state index contributed by atoms with van der Waals surface area (Å²) in [6, 6.07) is 14.2. The molecule has 0 saturated heterocycles. The molecule has 25 heavy (non-hydrogen) atoms. The molecule has 0 amide bonds. The maximum atomic E-state index is 12.0. The lowest BCUT2D eigenvalue weighted by Crippen LogP contribution is -2.01. The molecule has 0 saturated carbocycles. The number of halogens is 2. The number of hydrogen-bond donors (Lipinski definition) is 0. The second-order valence-electron chi connectivity index (χ2n) is 5.02. The van der Waals surface area contributed by atoms with Gasteiger partial charge in [0.25, 0.3) is 0 Å². The molecule has 0 N–H and O–H groups in total. The number of para-hydroxylation sites is 1. The Morgan fingerprint density at radius 3 is 2.72 bits per heavy atom. The van der Waals surface area contributed by atoms with Gasteiger partial charge in [-0.1, -0.05) is 46.6 Å². The molecular formula is C18H12Cl2N2O2S. The molecule has 0 radical (unpaired) electrons. The maximum Gasteiger partial charge on any atom is 0.365 e. The summed E-state index contributed by atoms with van der Waals surface area (Å²) in [5, 5.41) is 6.21. The van der Waals surface area contributed by atoms with Crippen LogP contribution < -0.4 is 0 Å². The molecule has 0 unspecified atom stereocenters. The van der Waals surface area contributed by atoms with E-state index in [1.807, 2.05) is 36.6 Å². The fourth-order valence-corrected chi connectivity index (χ4v) is 3.01. The van der Waals surface area contributed by atoms with E-state index in [2.05, 4.69) is 10.1 Å². The lowest BCUT2D eigenvalue weighted by atomic mass is 10.2. The van der Waals surface area contributed by atoms with Crippen LogP contribution in [0.2, 0.25) is 10.0 Å². The van der Waals surface area contributed by atoms with Crippen molar-refractivity contribution in [3.63, 3.8) is 0 Å². The molecule has 0 aliphatic rings. The molecule has 2 aromatic carbocycles. The van der Waals surface area contributed by atoms with E-state index in [-0.39, 0.29) is 10.6 Å². The van der Waals surface area contributed by atoms with Crippen molar-refractivity contribution >= 4 is 58.1 Å². The van der Waals surface area contributed by atoms with Crippen molar-refractivity contribution in [2.75, 3.05) is 6.26 Å².